The average Bonchev–Trinajstić information content (AvgIpc) is 3.13. The van der Waals surface area contributed by atoms with Crippen LogP contribution in [0.5, 0.6) is 0 Å². The fraction of sp³-hybridized carbons (Fsp3) is 0.761. The predicted molar refractivity (Wildman–Crippen MR) is 235 cm³/mol. The summed E-state index contributed by atoms with van der Waals surface area (Å²) in [4.78, 5) is 23.0. The smallest absolute Gasteiger partial charge is 0.387 e. The van der Waals surface area contributed by atoms with E-state index >= 15 is 0 Å². The van der Waals surface area contributed by atoms with E-state index in [2.05, 4.69) is 67.8 Å². The van der Waals surface area contributed by atoms with Crippen molar-refractivity contribution >= 4 is 13.7 Å². The van der Waals surface area contributed by atoms with Crippen molar-refractivity contribution in [3.05, 3.63) is 60.8 Å². The van der Waals surface area contributed by atoms with Gasteiger partial charge in [0.15, 0.2) is 0 Å². The molecule has 0 saturated heterocycles. The Morgan fingerprint density at radius 2 is 1.09 bits per heavy atom. The summed E-state index contributed by atoms with van der Waals surface area (Å²) in [6.07, 6.45) is 49.0. The summed E-state index contributed by atoms with van der Waals surface area (Å²) in [7, 11) is 1.56. The van der Waals surface area contributed by atoms with Crippen LogP contribution < -0.4 is 5.32 Å². The molecule has 0 radical (unpaired) electrons. The number of allylic oxidation sites excluding steroid dienone is 9. The van der Waals surface area contributed by atoms with Crippen LogP contribution in [0.15, 0.2) is 60.8 Å². The average molecular weight is 794 g/mol. The van der Waals surface area contributed by atoms with Crippen molar-refractivity contribution in [2.45, 2.75) is 187 Å². The molecule has 3 atom stereocenters. The number of hydrogen-bond acceptors (Lipinski definition) is 5. The highest BCUT2D eigenvalue weighted by atomic mass is 31.2. The lowest BCUT2D eigenvalue weighted by molar-refractivity contribution is -0.870. The fourth-order valence-corrected chi connectivity index (χ4v) is 6.71. The van der Waals surface area contributed by atoms with E-state index < -0.39 is 20.0 Å². The molecular weight excluding hydrogens is 707 g/mol. The maximum Gasteiger partial charge on any atom is 0.472 e. The summed E-state index contributed by atoms with van der Waals surface area (Å²) in [5.74, 6) is -0.187. The van der Waals surface area contributed by atoms with E-state index in [4.69, 9.17) is 9.05 Å². The molecule has 320 valence electrons. The Kier molecular flexibility index (Phi) is 36.5. The van der Waals surface area contributed by atoms with Gasteiger partial charge in [0.25, 0.3) is 0 Å². The number of amides is 1. The summed E-state index contributed by atoms with van der Waals surface area (Å²) in [5, 5.41) is 13.6. The Morgan fingerprint density at radius 3 is 1.60 bits per heavy atom. The topological polar surface area (TPSA) is 105 Å². The number of aliphatic hydroxyl groups excluding tert-OH is 1. The molecule has 55 heavy (non-hydrogen) atoms. The van der Waals surface area contributed by atoms with Crippen molar-refractivity contribution in [1.82, 2.24) is 5.32 Å². The fourth-order valence-electron chi connectivity index (χ4n) is 5.97. The highest BCUT2D eigenvalue weighted by Gasteiger charge is 2.27. The molecule has 0 bridgehead atoms. The zero-order valence-corrected chi connectivity index (χ0v) is 37.0. The van der Waals surface area contributed by atoms with Crippen molar-refractivity contribution in [2.24, 2.45) is 0 Å². The predicted octanol–water partition coefficient (Wildman–Crippen LogP) is 12.2. The van der Waals surface area contributed by atoms with Crippen molar-refractivity contribution < 1.29 is 32.9 Å². The van der Waals surface area contributed by atoms with E-state index in [1.165, 1.54) is 83.5 Å². The number of nitrogens with zero attached hydrogens (tertiary/aromatic N) is 1. The molecule has 1 amide bonds. The summed E-state index contributed by atoms with van der Waals surface area (Å²) >= 11 is 0. The third-order valence-electron chi connectivity index (χ3n) is 9.49. The number of nitrogens with one attached hydrogen (secondary N) is 1. The Morgan fingerprint density at radius 1 is 0.636 bits per heavy atom. The van der Waals surface area contributed by atoms with Crippen LogP contribution in [-0.2, 0) is 18.4 Å². The minimum Gasteiger partial charge on any atom is -0.387 e. The van der Waals surface area contributed by atoms with Gasteiger partial charge in [-0.1, -0.05) is 171 Å². The first-order valence-electron chi connectivity index (χ1n) is 22.2. The van der Waals surface area contributed by atoms with Gasteiger partial charge in [0.1, 0.15) is 13.2 Å². The number of carbonyl (C=O) groups excluding carboxylic acids is 1. The minimum absolute atomic E-state index is 0.0590. The lowest BCUT2D eigenvalue weighted by atomic mass is 10.0. The monoisotopic (exact) mass is 794 g/mol. The van der Waals surface area contributed by atoms with Gasteiger partial charge in [-0.05, 0) is 57.8 Å². The van der Waals surface area contributed by atoms with Gasteiger partial charge in [0.05, 0.1) is 39.9 Å². The van der Waals surface area contributed by atoms with Crippen molar-refractivity contribution in [3.63, 3.8) is 0 Å². The highest BCUT2D eigenvalue weighted by molar-refractivity contribution is 7.47. The van der Waals surface area contributed by atoms with E-state index in [1.54, 1.807) is 6.08 Å². The lowest BCUT2D eigenvalue weighted by Crippen LogP contribution is -2.45. The van der Waals surface area contributed by atoms with Gasteiger partial charge in [-0.3, -0.25) is 13.8 Å². The summed E-state index contributed by atoms with van der Waals surface area (Å²) < 4.78 is 23.4. The van der Waals surface area contributed by atoms with Crippen LogP contribution in [0.1, 0.15) is 174 Å². The second-order valence-electron chi connectivity index (χ2n) is 16.0. The SMILES string of the molecule is CC/C=C\C/C=C\C/C=C\C/C=C\CCCCCCCCCCCCCCCCC(=O)NC(COP(=O)(O)OCC[N+](C)(C)C)C(O)/C=C/CCCCCC. The number of carbonyl (C=O) groups is 1. The maximum atomic E-state index is 12.8. The standard InChI is InChI=1S/C46H85N2O6P/c1-6-8-10-12-14-15-16-17-18-19-20-21-22-23-24-25-26-27-28-29-30-31-32-33-34-36-38-40-46(50)47-44(45(49)39-37-35-13-11-9-7-2)43-54-55(51,52)53-42-41-48(3,4)5/h8,10,14-15,17-18,20-21,37,39,44-45,49H,6-7,9,11-13,16,19,22-36,38,40-43H2,1-5H3,(H-,47,50,51,52)/p+1/b10-8-,15-14-,18-17-,21-20-,39-37+. The molecule has 0 aromatic carbocycles. The lowest BCUT2D eigenvalue weighted by Gasteiger charge is -2.25. The second-order valence-corrected chi connectivity index (χ2v) is 17.5. The molecule has 0 aromatic heterocycles. The molecule has 0 spiro atoms. The minimum atomic E-state index is -4.32. The summed E-state index contributed by atoms with van der Waals surface area (Å²) in [6.45, 7) is 4.60. The Balaban J connectivity index is 4.03. The van der Waals surface area contributed by atoms with E-state index in [-0.39, 0.29) is 19.1 Å². The zero-order chi connectivity index (χ0) is 40.7. The third kappa shape index (κ3) is 40.2. The van der Waals surface area contributed by atoms with E-state index in [9.17, 15) is 19.4 Å². The maximum absolute atomic E-state index is 12.8. The largest absolute Gasteiger partial charge is 0.472 e. The summed E-state index contributed by atoms with van der Waals surface area (Å²) in [5.41, 5.74) is 0. The number of phosphoric ester groups is 1. The second kappa shape index (κ2) is 37.8. The van der Waals surface area contributed by atoms with Crippen molar-refractivity contribution in [3.8, 4) is 0 Å². The molecule has 3 N–H and O–H groups in total. The number of phosphoric acid groups is 1. The van der Waals surface area contributed by atoms with Gasteiger partial charge in [0.2, 0.25) is 5.91 Å². The number of unbranched alkanes of at least 4 members (excludes halogenated alkanes) is 18. The first-order chi connectivity index (χ1) is 26.5. The Hall–Kier alpha value is -1.80. The summed E-state index contributed by atoms with van der Waals surface area (Å²) in [6, 6.07) is -0.844. The van der Waals surface area contributed by atoms with Gasteiger partial charge < -0.3 is 19.8 Å². The quantitative estimate of drug-likeness (QED) is 0.0248. The van der Waals surface area contributed by atoms with E-state index in [0.29, 0.717) is 17.4 Å². The van der Waals surface area contributed by atoms with Crippen LogP contribution in [0.4, 0.5) is 0 Å². The number of hydrogen-bond donors (Lipinski definition) is 3. The van der Waals surface area contributed by atoms with Crippen LogP contribution in [0.2, 0.25) is 0 Å². The van der Waals surface area contributed by atoms with E-state index in [0.717, 1.165) is 70.6 Å². The zero-order valence-electron chi connectivity index (χ0n) is 36.1. The van der Waals surface area contributed by atoms with Crippen LogP contribution in [0.25, 0.3) is 0 Å². The van der Waals surface area contributed by atoms with Crippen LogP contribution in [-0.4, -0.2) is 73.4 Å². The highest BCUT2D eigenvalue weighted by Crippen LogP contribution is 2.43. The van der Waals surface area contributed by atoms with Gasteiger partial charge in [-0.25, -0.2) is 4.57 Å². The number of likely N-dealkylation sites (N-methyl/N-ethyl adjacent to an activating group) is 1. The van der Waals surface area contributed by atoms with Crippen molar-refractivity contribution in [1.29, 1.82) is 0 Å². The molecule has 9 heteroatoms. The third-order valence-corrected chi connectivity index (χ3v) is 10.5. The number of quaternary nitrogens is 1. The molecule has 0 rings (SSSR count). The normalized spacial score (nSPS) is 15.0. The van der Waals surface area contributed by atoms with Gasteiger partial charge in [-0.15, -0.1) is 0 Å². The van der Waals surface area contributed by atoms with Crippen molar-refractivity contribution in [2.75, 3.05) is 40.9 Å². The molecule has 0 aliphatic carbocycles. The molecular formula is C46H86N2O6P+. The molecule has 0 aliphatic rings. The van der Waals surface area contributed by atoms with Crippen LogP contribution in [0, 0.1) is 0 Å². The van der Waals surface area contributed by atoms with E-state index in [1.807, 2.05) is 27.2 Å². The Labute approximate surface area is 339 Å². The van der Waals surface area contributed by atoms with Gasteiger partial charge >= 0.3 is 7.82 Å². The molecule has 0 fully saturated rings. The van der Waals surface area contributed by atoms with Gasteiger partial charge in [-0.2, -0.15) is 0 Å². The molecule has 0 aromatic rings. The molecule has 0 aliphatic heterocycles. The van der Waals surface area contributed by atoms with Crippen LogP contribution in [0.3, 0.4) is 0 Å². The first-order valence-corrected chi connectivity index (χ1v) is 23.7. The number of aliphatic hydroxyl groups is 1. The first kappa shape index (κ1) is 53.2. The Bertz CT molecular complexity index is 1080. The molecule has 8 nitrogen and oxygen atoms in total. The molecule has 0 saturated carbocycles. The molecule has 0 heterocycles. The van der Waals surface area contributed by atoms with Gasteiger partial charge in [0, 0.05) is 6.42 Å². The van der Waals surface area contributed by atoms with Crippen LogP contribution >= 0.6 is 7.82 Å². The molecule has 3 unspecified atom stereocenters. The number of rotatable bonds is 39.